The maximum atomic E-state index is 10.6. The fourth-order valence-corrected chi connectivity index (χ4v) is 3.45. The first-order valence-electron chi connectivity index (χ1n) is 8.29. The SMILES string of the molecule is COc1cc(O)c(Cc2ccccc2O)c2ccc3cc(O)ccc3c12. The van der Waals surface area contributed by atoms with Gasteiger partial charge in [-0.05, 0) is 46.0 Å². The Balaban J connectivity index is 2.03. The molecule has 0 spiro atoms. The predicted molar refractivity (Wildman–Crippen MR) is 102 cm³/mol. The van der Waals surface area contributed by atoms with Gasteiger partial charge in [0.1, 0.15) is 23.0 Å². The number of fused-ring (bicyclic) bond motifs is 3. The van der Waals surface area contributed by atoms with Crippen LogP contribution in [0.5, 0.6) is 23.0 Å². The summed E-state index contributed by atoms with van der Waals surface area (Å²) in [6, 6.07) is 17.7. The molecule has 4 nitrogen and oxygen atoms in total. The van der Waals surface area contributed by atoms with Crippen LogP contribution >= 0.6 is 0 Å². The molecule has 0 aliphatic carbocycles. The zero-order valence-electron chi connectivity index (χ0n) is 14.2. The summed E-state index contributed by atoms with van der Waals surface area (Å²) < 4.78 is 5.50. The van der Waals surface area contributed by atoms with Gasteiger partial charge in [-0.2, -0.15) is 0 Å². The molecule has 0 saturated carbocycles. The second kappa shape index (κ2) is 6.15. The van der Waals surface area contributed by atoms with E-state index in [0.717, 1.165) is 32.7 Å². The van der Waals surface area contributed by atoms with Crippen LogP contribution in [0.2, 0.25) is 0 Å². The molecule has 3 N–H and O–H groups in total. The first-order valence-corrected chi connectivity index (χ1v) is 8.29. The van der Waals surface area contributed by atoms with E-state index < -0.39 is 0 Å². The van der Waals surface area contributed by atoms with Crippen LogP contribution in [0.3, 0.4) is 0 Å². The van der Waals surface area contributed by atoms with E-state index in [1.807, 2.05) is 30.3 Å². The third-order valence-electron chi connectivity index (χ3n) is 4.73. The van der Waals surface area contributed by atoms with Crippen LogP contribution in [-0.4, -0.2) is 22.4 Å². The van der Waals surface area contributed by atoms with E-state index in [1.165, 1.54) is 0 Å². The maximum Gasteiger partial charge on any atom is 0.131 e. The summed E-state index contributed by atoms with van der Waals surface area (Å²) in [6.07, 6.45) is 0.391. The van der Waals surface area contributed by atoms with Crippen LogP contribution in [-0.2, 0) is 6.42 Å². The van der Waals surface area contributed by atoms with E-state index >= 15 is 0 Å². The highest BCUT2D eigenvalue weighted by Crippen LogP contribution is 2.41. The van der Waals surface area contributed by atoms with Gasteiger partial charge in [0.25, 0.3) is 0 Å². The Morgan fingerprint density at radius 1 is 0.808 bits per heavy atom. The molecule has 0 aliphatic heterocycles. The first kappa shape index (κ1) is 16.1. The molecule has 4 heteroatoms. The molecule has 26 heavy (non-hydrogen) atoms. The number of phenols is 3. The van der Waals surface area contributed by atoms with Crippen LogP contribution in [0.15, 0.2) is 60.7 Å². The summed E-state index contributed by atoms with van der Waals surface area (Å²) in [5.41, 5.74) is 1.46. The molecule has 4 aromatic carbocycles. The average Bonchev–Trinajstić information content (AvgIpc) is 2.64. The molecule has 0 bridgehead atoms. The number of hydrogen-bond donors (Lipinski definition) is 3. The van der Waals surface area contributed by atoms with Crippen LogP contribution in [0.4, 0.5) is 0 Å². The Morgan fingerprint density at radius 3 is 2.35 bits per heavy atom. The molecule has 4 aromatic rings. The van der Waals surface area contributed by atoms with Gasteiger partial charge in [0.2, 0.25) is 0 Å². The summed E-state index contributed by atoms with van der Waals surface area (Å²) in [6.45, 7) is 0. The van der Waals surface area contributed by atoms with Gasteiger partial charge in [0, 0.05) is 23.4 Å². The first-order chi connectivity index (χ1) is 12.6. The minimum atomic E-state index is 0.121. The van der Waals surface area contributed by atoms with Crippen molar-refractivity contribution in [3.63, 3.8) is 0 Å². The molecule has 0 radical (unpaired) electrons. The molecule has 130 valence electrons. The molecule has 0 aromatic heterocycles. The Kier molecular flexibility index (Phi) is 3.81. The normalized spacial score (nSPS) is 11.1. The number of aromatic hydroxyl groups is 3. The molecule has 0 fully saturated rings. The van der Waals surface area contributed by atoms with Crippen molar-refractivity contribution in [1.29, 1.82) is 0 Å². The summed E-state index contributed by atoms with van der Waals surface area (Å²) in [5, 5.41) is 34.0. The fraction of sp³-hybridized carbons (Fsp3) is 0.0909. The zero-order valence-corrected chi connectivity index (χ0v) is 14.2. The lowest BCUT2D eigenvalue weighted by Gasteiger charge is -2.15. The highest BCUT2D eigenvalue weighted by Gasteiger charge is 2.16. The summed E-state index contributed by atoms with van der Waals surface area (Å²) in [5.74, 6) is 1.08. The maximum absolute atomic E-state index is 10.6. The van der Waals surface area contributed by atoms with Crippen LogP contribution in [0, 0.1) is 0 Å². The Hall–Kier alpha value is -3.40. The molecule has 0 saturated heterocycles. The number of ether oxygens (including phenoxy) is 1. The van der Waals surface area contributed by atoms with Gasteiger partial charge in [-0.3, -0.25) is 0 Å². The average molecular weight is 346 g/mol. The van der Waals surface area contributed by atoms with Crippen LogP contribution in [0.25, 0.3) is 21.5 Å². The van der Waals surface area contributed by atoms with Gasteiger partial charge in [-0.25, -0.2) is 0 Å². The van der Waals surface area contributed by atoms with Crippen molar-refractivity contribution < 1.29 is 20.1 Å². The van der Waals surface area contributed by atoms with Crippen molar-refractivity contribution in [3.05, 3.63) is 71.8 Å². The second-order valence-electron chi connectivity index (χ2n) is 6.28. The van der Waals surface area contributed by atoms with Gasteiger partial charge in [0.15, 0.2) is 0 Å². The number of phenolic OH excluding ortho intramolecular Hbond substituents is 3. The smallest absolute Gasteiger partial charge is 0.131 e. The minimum absolute atomic E-state index is 0.121. The van der Waals surface area contributed by atoms with E-state index in [9.17, 15) is 15.3 Å². The summed E-state index contributed by atoms with van der Waals surface area (Å²) in [7, 11) is 1.57. The highest BCUT2D eigenvalue weighted by atomic mass is 16.5. The zero-order chi connectivity index (χ0) is 18.3. The number of para-hydroxylation sites is 1. The van der Waals surface area contributed by atoms with E-state index in [1.54, 1.807) is 37.4 Å². The van der Waals surface area contributed by atoms with Crippen molar-refractivity contribution in [3.8, 4) is 23.0 Å². The third kappa shape index (κ3) is 2.56. The topological polar surface area (TPSA) is 69.9 Å². The van der Waals surface area contributed by atoms with Crippen molar-refractivity contribution in [2.24, 2.45) is 0 Å². The Bertz CT molecular complexity index is 1130. The lowest BCUT2D eigenvalue weighted by atomic mass is 9.93. The quantitative estimate of drug-likeness (QED) is 0.470. The predicted octanol–water partition coefficient (Wildman–Crippen LogP) is 4.71. The van der Waals surface area contributed by atoms with E-state index in [0.29, 0.717) is 12.2 Å². The minimum Gasteiger partial charge on any atom is -0.508 e. The lowest BCUT2D eigenvalue weighted by molar-refractivity contribution is 0.412. The monoisotopic (exact) mass is 346 g/mol. The van der Waals surface area contributed by atoms with Gasteiger partial charge in [-0.15, -0.1) is 0 Å². The molecular formula is C22H18O4. The van der Waals surface area contributed by atoms with Gasteiger partial charge in [0.05, 0.1) is 7.11 Å². The molecular weight excluding hydrogens is 328 g/mol. The van der Waals surface area contributed by atoms with Gasteiger partial charge < -0.3 is 20.1 Å². The molecule has 4 rings (SSSR count). The number of rotatable bonds is 3. The number of benzene rings is 4. The molecule has 0 amide bonds. The van der Waals surface area contributed by atoms with E-state index in [4.69, 9.17) is 4.74 Å². The lowest BCUT2D eigenvalue weighted by Crippen LogP contribution is -1.95. The third-order valence-corrected chi connectivity index (χ3v) is 4.73. The van der Waals surface area contributed by atoms with Crippen LogP contribution in [0.1, 0.15) is 11.1 Å². The van der Waals surface area contributed by atoms with E-state index in [-0.39, 0.29) is 17.2 Å². The van der Waals surface area contributed by atoms with Crippen molar-refractivity contribution in [2.45, 2.75) is 6.42 Å². The molecule has 0 aliphatic rings. The number of methoxy groups -OCH3 is 1. The highest BCUT2D eigenvalue weighted by molar-refractivity contribution is 6.12. The summed E-state index contributed by atoms with van der Waals surface area (Å²) >= 11 is 0. The Labute approximate surface area is 150 Å². The molecule has 0 heterocycles. The van der Waals surface area contributed by atoms with E-state index in [2.05, 4.69) is 0 Å². The van der Waals surface area contributed by atoms with Crippen molar-refractivity contribution in [1.82, 2.24) is 0 Å². The molecule has 0 unspecified atom stereocenters. The standard InChI is InChI=1S/C22H18O4/c1-26-21-12-20(25)18(11-14-4-2-3-5-19(14)24)17-8-6-13-10-15(23)7-9-16(13)22(17)21/h2-10,12,23-25H,11H2,1H3. The largest absolute Gasteiger partial charge is 0.508 e. The summed E-state index contributed by atoms with van der Waals surface area (Å²) in [4.78, 5) is 0. The van der Waals surface area contributed by atoms with Gasteiger partial charge >= 0.3 is 0 Å². The van der Waals surface area contributed by atoms with Crippen molar-refractivity contribution in [2.75, 3.05) is 7.11 Å². The molecule has 0 atom stereocenters. The Morgan fingerprint density at radius 2 is 1.58 bits per heavy atom. The van der Waals surface area contributed by atoms with Crippen molar-refractivity contribution >= 4 is 21.5 Å². The second-order valence-corrected chi connectivity index (χ2v) is 6.28. The van der Waals surface area contributed by atoms with Gasteiger partial charge in [-0.1, -0.05) is 30.3 Å². The number of hydrogen-bond acceptors (Lipinski definition) is 4. The fourth-order valence-electron chi connectivity index (χ4n) is 3.45. The van der Waals surface area contributed by atoms with Crippen LogP contribution < -0.4 is 4.74 Å².